The van der Waals surface area contributed by atoms with Gasteiger partial charge in [-0.15, -0.1) is 0 Å². The van der Waals surface area contributed by atoms with Crippen LogP contribution in [0.4, 0.5) is 11.4 Å². The molecule has 2 atom stereocenters. The summed E-state index contributed by atoms with van der Waals surface area (Å²) in [6.45, 7) is 7.13. The number of anilines is 1. The molecule has 1 aromatic carbocycles. The first-order valence-corrected chi connectivity index (χ1v) is 9.29. The monoisotopic (exact) mass is 376 g/mol. The summed E-state index contributed by atoms with van der Waals surface area (Å²) in [4.78, 5) is 15.2. The summed E-state index contributed by atoms with van der Waals surface area (Å²) in [6.07, 6.45) is -0.0156. The summed E-state index contributed by atoms with van der Waals surface area (Å²) in [7, 11) is 0. The number of non-ortho nitro benzene ring substituents is 1. The van der Waals surface area contributed by atoms with E-state index in [-0.39, 0.29) is 17.9 Å². The molecule has 10 heteroatoms. The molecule has 0 N–H and O–H groups in total. The summed E-state index contributed by atoms with van der Waals surface area (Å²) in [5.74, 6) is 0. The normalized spacial score (nSPS) is 27.2. The SMILES string of the molecule is O=[N+]([O-])c1ccc(N2N=N[C@@H](CN3CCOCC3)[C@@H]2N2CCOCC2)cc1. The lowest BCUT2D eigenvalue weighted by Gasteiger charge is -2.39. The molecule has 3 aliphatic heterocycles. The number of rotatable bonds is 5. The van der Waals surface area contributed by atoms with E-state index < -0.39 is 4.92 Å². The Labute approximate surface area is 157 Å². The van der Waals surface area contributed by atoms with Gasteiger partial charge in [0.05, 0.1) is 37.0 Å². The molecule has 0 spiro atoms. The van der Waals surface area contributed by atoms with Crippen LogP contribution in [0.2, 0.25) is 0 Å². The van der Waals surface area contributed by atoms with Crippen LogP contribution in [0, 0.1) is 10.1 Å². The van der Waals surface area contributed by atoms with Gasteiger partial charge < -0.3 is 9.47 Å². The van der Waals surface area contributed by atoms with Crippen molar-refractivity contribution in [2.75, 3.05) is 64.2 Å². The molecular formula is C17H24N6O4. The third kappa shape index (κ3) is 4.08. The molecule has 0 unspecified atom stereocenters. The van der Waals surface area contributed by atoms with Gasteiger partial charge in [-0.1, -0.05) is 5.22 Å². The van der Waals surface area contributed by atoms with Crippen LogP contribution in [-0.4, -0.2) is 86.1 Å². The minimum Gasteiger partial charge on any atom is -0.379 e. The molecule has 1 aromatic rings. The van der Waals surface area contributed by atoms with Crippen LogP contribution >= 0.6 is 0 Å². The number of benzene rings is 1. The zero-order valence-electron chi connectivity index (χ0n) is 15.1. The topological polar surface area (TPSA) is 96.0 Å². The van der Waals surface area contributed by atoms with Crippen molar-refractivity contribution in [1.82, 2.24) is 9.80 Å². The van der Waals surface area contributed by atoms with Crippen LogP contribution in [0.15, 0.2) is 34.6 Å². The van der Waals surface area contributed by atoms with E-state index >= 15 is 0 Å². The van der Waals surface area contributed by atoms with Crippen molar-refractivity contribution < 1.29 is 14.4 Å². The zero-order chi connectivity index (χ0) is 18.6. The van der Waals surface area contributed by atoms with Crippen LogP contribution in [0.3, 0.4) is 0 Å². The molecule has 3 heterocycles. The molecular weight excluding hydrogens is 352 g/mol. The van der Waals surface area contributed by atoms with Crippen molar-refractivity contribution in [3.8, 4) is 0 Å². The second kappa shape index (κ2) is 8.26. The van der Waals surface area contributed by atoms with E-state index in [4.69, 9.17) is 9.47 Å². The van der Waals surface area contributed by atoms with Crippen LogP contribution in [0.5, 0.6) is 0 Å². The highest BCUT2D eigenvalue weighted by Crippen LogP contribution is 2.30. The summed E-state index contributed by atoms with van der Waals surface area (Å²) in [5, 5.41) is 21.8. The lowest BCUT2D eigenvalue weighted by atomic mass is 10.1. The fraction of sp³-hybridized carbons (Fsp3) is 0.647. The molecule has 146 valence electrons. The van der Waals surface area contributed by atoms with Crippen LogP contribution in [0.1, 0.15) is 0 Å². The first-order chi connectivity index (χ1) is 13.2. The Morgan fingerprint density at radius 3 is 2.30 bits per heavy atom. The van der Waals surface area contributed by atoms with Crippen molar-refractivity contribution in [3.63, 3.8) is 0 Å². The van der Waals surface area contributed by atoms with E-state index in [2.05, 4.69) is 20.1 Å². The standard InChI is InChI=1S/C17H24N6O4/c24-23(25)15-3-1-14(2-4-15)22-17(21-7-11-27-12-8-21)16(18-19-22)13-20-5-9-26-10-6-20/h1-4,16-17H,5-13H2/t16-,17+/m0/s1. The number of hydrogen-bond acceptors (Lipinski definition) is 9. The van der Waals surface area contributed by atoms with Crippen LogP contribution in [-0.2, 0) is 9.47 Å². The van der Waals surface area contributed by atoms with Crippen molar-refractivity contribution in [3.05, 3.63) is 34.4 Å². The minimum absolute atomic E-state index is 0.0105. The quantitative estimate of drug-likeness (QED) is 0.562. The number of nitro groups is 1. The fourth-order valence-corrected chi connectivity index (χ4v) is 3.75. The van der Waals surface area contributed by atoms with Gasteiger partial charge in [-0.05, 0) is 12.1 Å². The summed E-state index contributed by atoms with van der Waals surface area (Å²) in [5.41, 5.74) is 0.882. The van der Waals surface area contributed by atoms with E-state index in [0.717, 1.165) is 51.6 Å². The van der Waals surface area contributed by atoms with Gasteiger partial charge in [0.25, 0.3) is 5.69 Å². The summed E-state index contributed by atoms with van der Waals surface area (Å²) < 4.78 is 10.9. The second-order valence-electron chi connectivity index (χ2n) is 6.87. The summed E-state index contributed by atoms with van der Waals surface area (Å²) in [6, 6.07) is 6.51. The number of nitro benzene ring substituents is 1. The minimum atomic E-state index is -0.393. The third-order valence-corrected chi connectivity index (χ3v) is 5.18. The third-order valence-electron chi connectivity index (χ3n) is 5.18. The molecule has 0 amide bonds. The molecule has 0 radical (unpaired) electrons. The maximum absolute atomic E-state index is 10.9. The maximum atomic E-state index is 10.9. The van der Waals surface area contributed by atoms with E-state index in [1.54, 1.807) is 12.1 Å². The Morgan fingerprint density at radius 1 is 1.04 bits per heavy atom. The average molecular weight is 376 g/mol. The lowest BCUT2D eigenvalue weighted by molar-refractivity contribution is -0.384. The highest BCUT2D eigenvalue weighted by Gasteiger charge is 2.40. The molecule has 0 bridgehead atoms. The first-order valence-electron chi connectivity index (χ1n) is 9.29. The van der Waals surface area contributed by atoms with Crippen LogP contribution in [0.25, 0.3) is 0 Å². The van der Waals surface area contributed by atoms with Gasteiger partial charge in [0.15, 0.2) is 0 Å². The van der Waals surface area contributed by atoms with Crippen LogP contribution < -0.4 is 5.01 Å². The van der Waals surface area contributed by atoms with Crippen molar-refractivity contribution >= 4 is 11.4 Å². The van der Waals surface area contributed by atoms with Crippen molar-refractivity contribution in [2.24, 2.45) is 10.3 Å². The molecule has 2 fully saturated rings. The summed E-state index contributed by atoms with van der Waals surface area (Å²) >= 11 is 0. The van der Waals surface area contributed by atoms with Gasteiger partial charge in [-0.3, -0.25) is 19.9 Å². The number of nitrogens with zero attached hydrogens (tertiary/aromatic N) is 6. The molecule has 3 aliphatic rings. The predicted octanol–water partition coefficient (Wildman–Crippen LogP) is 1.14. The second-order valence-corrected chi connectivity index (χ2v) is 6.87. The van der Waals surface area contributed by atoms with E-state index in [1.165, 1.54) is 12.1 Å². The molecule has 10 nitrogen and oxygen atoms in total. The Bertz CT molecular complexity index is 673. The van der Waals surface area contributed by atoms with E-state index in [9.17, 15) is 10.1 Å². The highest BCUT2D eigenvalue weighted by atomic mass is 16.6. The van der Waals surface area contributed by atoms with Gasteiger partial charge in [0, 0.05) is 44.9 Å². The Kier molecular flexibility index (Phi) is 5.58. The smallest absolute Gasteiger partial charge is 0.269 e. The Hall–Kier alpha value is -2.14. The van der Waals surface area contributed by atoms with E-state index in [0.29, 0.717) is 13.2 Å². The van der Waals surface area contributed by atoms with Gasteiger partial charge >= 0.3 is 0 Å². The highest BCUT2D eigenvalue weighted by molar-refractivity contribution is 5.51. The van der Waals surface area contributed by atoms with Gasteiger partial charge in [0.2, 0.25) is 0 Å². The Balaban J connectivity index is 1.54. The van der Waals surface area contributed by atoms with Gasteiger partial charge in [-0.25, -0.2) is 5.01 Å². The molecule has 4 rings (SSSR count). The molecule has 0 saturated carbocycles. The van der Waals surface area contributed by atoms with Gasteiger partial charge in [-0.2, -0.15) is 5.11 Å². The average Bonchev–Trinajstić information content (AvgIpc) is 3.13. The number of ether oxygens (including phenoxy) is 2. The molecule has 0 aliphatic carbocycles. The molecule has 0 aromatic heterocycles. The largest absolute Gasteiger partial charge is 0.379 e. The van der Waals surface area contributed by atoms with E-state index in [1.807, 2.05) is 5.01 Å². The first kappa shape index (κ1) is 18.2. The van der Waals surface area contributed by atoms with Crippen molar-refractivity contribution in [2.45, 2.75) is 12.2 Å². The number of hydrogen-bond donors (Lipinski definition) is 0. The number of morpholine rings is 2. The fourth-order valence-electron chi connectivity index (χ4n) is 3.75. The Morgan fingerprint density at radius 2 is 1.67 bits per heavy atom. The maximum Gasteiger partial charge on any atom is 0.269 e. The van der Waals surface area contributed by atoms with Crippen molar-refractivity contribution in [1.29, 1.82) is 0 Å². The molecule has 2 saturated heterocycles. The molecule has 27 heavy (non-hydrogen) atoms. The zero-order valence-corrected chi connectivity index (χ0v) is 15.1. The predicted molar refractivity (Wildman–Crippen MR) is 97.7 cm³/mol. The van der Waals surface area contributed by atoms with Gasteiger partial charge in [0.1, 0.15) is 12.2 Å². The lowest BCUT2D eigenvalue weighted by Crippen LogP contribution is -2.56.